The minimum Gasteiger partial charge on any atom is -0.326 e. The Morgan fingerprint density at radius 3 is 2.08 bits per heavy atom. The lowest BCUT2D eigenvalue weighted by Gasteiger charge is -2.09. The molecule has 0 aliphatic heterocycles. The van der Waals surface area contributed by atoms with Gasteiger partial charge in [0.05, 0.1) is 17.5 Å². The van der Waals surface area contributed by atoms with Gasteiger partial charge >= 0.3 is 0 Å². The maximum Gasteiger partial charge on any atom is 0.228 e. The summed E-state index contributed by atoms with van der Waals surface area (Å²) < 4.78 is 39.7. The molecule has 4 nitrogen and oxygen atoms in total. The number of aryl methyl sites for hydroxylation is 2. The maximum absolute atomic E-state index is 13.6. The fourth-order valence-corrected chi connectivity index (χ4v) is 2.90. The highest BCUT2D eigenvalue weighted by atomic mass is 19.2. The predicted octanol–water partition coefficient (Wildman–Crippen LogP) is 3.93. The van der Waals surface area contributed by atoms with E-state index in [1.807, 2.05) is 32.0 Å². The lowest BCUT2D eigenvalue weighted by atomic mass is 10.1. The van der Waals surface area contributed by atoms with Gasteiger partial charge < -0.3 is 10.6 Å². The van der Waals surface area contributed by atoms with Gasteiger partial charge in [-0.1, -0.05) is 6.07 Å². The summed E-state index contributed by atoms with van der Waals surface area (Å²) in [5.74, 6) is -6.52. The molecule has 2 amide bonds. The monoisotopic (exact) mass is 362 g/mol. The van der Waals surface area contributed by atoms with Crippen LogP contribution in [0.2, 0.25) is 0 Å². The van der Waals surface area contributed by atoms with Crippen molar-refractivity contribution < 1.29 is 22.8 Å². The van der Waals surface area contributed by atoms with Crippen molar-refractivity contribution in [3.63, 3.8) is 0 Å². The number of nitrogens with one attached hydrogen (secondary N) is 2. The zero-order chi connectivity index (χ0) is 19.0. The molecule has 2 aromatic carbocycles. The molecule has 0 saturated heterocycles. The van der Waals surface area contributed by atoms with Gasteiger partial charge in [0.1, 0.15) is 0 Å². The first-order valence-corrected chi connectivity index (χ1v) is 8.10. The summed E-state index contributed by atoms with van der Waals surface area (Å²) in [7, 11) is 0. The first-order chi connectivity index (χ1) is 12.3. The molecule has 7 heteroatoms. The average Bonchev–Trinajstić information content (AvgIpc) is 3.35. The standard InChI is InChI=1S/C19H17F3N2O2/c1-9-5-10(2)7-11(6-9)23-18(25)12-8-13(12)19(26)24-15-4-3-14(20)16(21)17(15)22/h3-7,12-13H,8H2,1-2H3,(H,23,25)(H,24,26). The first kappa shape index (κ1) is 18.0. The molecule has 1 fully saturated rings. The number of benzene rings is 2. The number of carbonyl (C=O) groups excluding carboxylic acids is 2. The van der Waals surface area contributed by atoms with Gasteiger partial charge in [-0.2, -0.15) is 0 Å². The van der Waals surface area contributed by atoms with Gasteiger partial charge in [0.15, 0.2) is 17.5 Å². The number of hydrogen-bond donors (Lipinski definition) is 2. The molecular weight excluding hydrogens is 345 g/mol. The van der Waals surface area contributed by atoms with Crippen molar-refractivity contribution in [3.8, 4) is 0 Å². The van der Waals surface area contributed by atoms with Crippen LogP contribution >= 0.6 is 0 Å². The Morgan fingerprint density at radius 2 is 1.46 bits per heavy atom. The third-order valence-electron chi connectivity index (χ3n) is 4.25. The van der Waals surface area contributed by atoms with Crippen molar-refractivity contribution in [1.29, 1.82) is 0 Å². The first-order valence-electron chi connectivity index (χ1n) is 8.10. The van der Waals surface area contributed by atoms with E-state index in [-0.39, 0.29) is 5.91 Å². The zero-order valence-corrected chi connectivity index (χ0v) is 14.2. The van der Waals surface area contributed by atoms with Crippen LogP contribution in [0.3, 0.4) is 0 Å². The molecule has 0 spiro atoms. The highest BCUT2D eigenvalue weighted by Gasteiger charge is 2.48. The van der Waals surface area contributed by atoms with Crippen molar-refractivity contribution in [3.05, 3.63) is 58.9 Å². The van der Waals surface area contributed by atoms with Gasteiger partial charge in [-0.05, 0) is 55.7 Å². The Balaban J connectivity index is 1.62. The van der Waals surface area contributed by atoms with Crippen molar-refractivity contribution in [2.45, 2.75) is 20.3 Å². The third kappa shape index (κ3) is 3.71. The van der Waals surface area contributed by atoms with E-state index in [0.29, 0.717) is 12.1 Å². The summed E-state index contributed by atoms with van der Waals surface area (Å²) in [6.07, 6.45) is 0.313. The highest BCUT2D eigenvalue weighted by Crippen LogP contribution is 2.40. The van der Waals surface area contributed by atoms with E-state index in [1.165, 1.54) is 0 Å². The van der Waals surface area contributed by atoms with E-state index in [9.17, 15) is 22.8 Å². The summed E-state index contributed by atoms with van der Waals surface area (Å²) >= 11 is 0. The summed E-state index contributed by atoms with van der Waals surface area (Å²) in [6, 6.07) is 7.28. The van der Waals surface area contributed by atoms with Crippen molar-refractivity contribution in [2.24, 2.45) is 11.8 Å². The van der Waals surface area contributed by atoms with E-state index in [0.717, 1.165) is 23.3 Å². The lowest BCUT2D eigenvalue weighted by Crippen LogP contribution is -2.21. The fraction of sp³-hybridized carbons (Fsp3) is 0.263. The average molecular weight is 362 g/mol. The van der Waals surface area contributed by atoms with Crippen LogP contribution in [-0.4, -0.2) is 11.8 Å². The molecule has 0 heterocycles. The van der Waals surface area contributed by atoms with Crippen LogP contribution < -0.4 is 10.6 Å². The van der Waals surface area contributed by atoms with Gasteiger partial charge in [-0.25, -0.2) is 13.2 Å². The molecule has 2 atom stereocenters. The maximum atomic E-state index is 13.6. The minimum atomic E-state index is -1.65. The van der Waals surface area contributed by atoms with Gasteiger partial charge in [0, 0.05) is 5.69 Å². The Morgan fingerprint density at radius 1 is 0.885 bits per heavy atom. The molecular formula is C19H17F3N2O2. The van der Waals surface area contributed by atoms with E-state index in [4.69, 9.17) is 0 Å². The van der Waals surface area contributed by atoms with E-state index in [1.54, 1.807) is 0 Å². The van der Waals surface area contributed by atoms with Crippen LogP contribution in [0.5, 0.6) is 0 Å². The molecule has 2 N–H and O–H groups in total. The Hall–Kier alpha value is -2.83. The number of halogens is 3. The van der Waals surface area contributed by atoms with Gasteiger partial charge in [0.25, 0.3) is 0 Å². The van der Waals surface area contributed by atoms with Gasteiger partial charge in [0.2, 0.25) is 11.8 Å². The number of anilines is 2. The molecule has 3 rings (SSSR count). The van der Waals surface area contributed by atoms with Crippen LogP contribution in [0, 0.1) is 43.1 Å². The van der Waals surface area contributed by atoms with Crippen molar-refractivity contribution in [1.82, 2.24) is 0 Å². The largest absolute Gasteiger partial charge is 0.326 e. The number of hydrogen-bond acceptors (Lipinski definition) is 2. The minimum absolute atomic E-state index is 0.305. The summed E-state index contributed by atoms with van der Waals surface area (Å²) in [5, 5.41) is 4.97. The third-order valence-corrected chi connectivity index (χ3v) is 4.25. The normalized spacial score (nSPS) is 18.3. The molecule has 26 heavy (non-hydrogen) atoms. The van der Waals surface area contributed by atoms with Gasteiger partial charge in [-0.15, -0.1) is 0 Å². The number of rotatable bonds is 4. The Labute approximate surface area is 148 Å². The summed E-state index contributed by atoms with van der Waals surface area (Å²) in [6.45, 7) is 3.82. The van der Waals surface area contributed by atoms with E-state index < -0.39 is 40.9 Å². The predicted molar refractivity (Wildman–Crippen MR) is 91.1 cm³/mol. The fourth-order valence-electron chi connectivity index (χ4n) is 2.90. The van der Waals surface area contributed by atoms with Crippen LogP contribution in [0.4, 0.5) is 24.5 Å². The molecule has 0 radical (unpaired) electrons. The van der Waals surface area contributed by atoms with Gasteiger partial charge in [-0.3, -0.25) is 9.59 Å². The molecule has 1 aliphatic rings. The second kappa shape index (κ2) is 6.82. The molecule has 1 saturated carbocycles. The second-order valence-corrected chi connectivity index (χ2v) is 6.53. The molecule has 1 aliphatic carbocycles. The van der Waals surface area contributed by atoms with Crippen molar-refractivity contribution >= 4 is 23.2 Å². The Bertz CT molecular complexity index is 878. The molecule has 136 valence electrons. The van der Waals surface area contributed by atoms with Crippen LogP contribution in [-0.2, 0) is 9.59 Å². The number of carbonyl (C=O) groups is 2. The highest BCUT2D eigenvalue weighted by molar-refractivity contribution is 6.03. The smallest absolute Gasteiger partial charge is 0.228 e. The van der Waals surface area contributed by atoms with Crippen LogP contribution in [0.1, 0.15) is 17.5 Å². The van der Waals surface area contributed by atoms with E-state index in [2.05, 4.69) is 10.6 Å². The van der Waals surface area contributed by atoms with Crippen molar-refractivity contribution in [2.75, 3.05) is 10.6 Å². The number of amides is 2. The molecule has 2 unspecified atom stereocenters. The molecule has 0 aromatic heterocycles. The topological polar surface area (TPSA) is 58.2 Å². The van der Waals surface area contributed by atoms with Crippen LogP contribution in [0.25, 0.3) is 0 Å². The molecule has 2 aromatic rings. The summed E-state index contributed by atoms with van der Waals surface area (Å²) in [4.78, 5) is 24.4. The SMILES string of the molecule is Cc1cc(C)cc(NC(=O)C2CC2C(=O)Nc2ccc(F)c(F)c2F)c1. The zero-order valence-electron chi connectivity index (χ0n) is 14.2. The molecule has 0 bridgehead atoms. The van der Waals surface area contributed by atoms with Crippen LogP contribution in [0.15, 0.2) is 30.3 Å². The lowest BCUT2D eigenvalue weighted by molar-refractivity contribution is -0.122. The quantitative estimate of drug-likeness (QED) is 0.810. The summed E-state index contributed by atoms with van der Waals surface area (Å²) in [5.41, 5.74) is 2.19. The Kier molecular flexibility index (Phi) is 4.71. The second-order valence-electron chi connectivity index (χ2n) is 6.53. The van der Waals surface area contributed by atoms with E-state index >= 15 is 0 Å².